The number of hydrogen-bond donors (Lipinski definition) is 3. The van der Waals surface area contributed by atoms with E-state index in [9.17, 15) is 18.0 Å². The Morgan fingerprint density at radius 2 is 2.23 bits per heavy atom. The van der Waals surface area contributed by atoms with E-state index in [0.29, 0.717) is 30.4 Å². The Bertz CT molecular complexity index is 881. The van der Waals surface area contributed by atoms with Crippen LogP contribution in [0.3, 0.4) is 0 Å². The van der Waals surface area contributed by atoms with E-state index < -0.39 is 34.4 Å². The fraction of sp³-hybridized carbons (Fsp3) is 0.786. The average molecular weight is 446 g/mol. The Balaban J connectivity index is 1.22. The molecule has 15 nitrogen and oxygen atoms in total. The second kappa shape index (κ2) is 8.38. The Morgan fingerprint density at radius 1 is 1.40 bits per heavy atom. The number of hydroxylamine groups is 3. The minimum atomic E-state index is -4.83. The number of tetrazole rings is 1. The second-order valence-electron chi connectivity index (χ2n) is 7.53. The Kier molecular flexibility index (Phi) is 5.83. The molecule has 166 valence electrons. The van der Waals surface area contributed by atoms with Crippen molar-refractivity contribution in [2.24, 2.45) is 5.92 Å². The number of nitrogens with one attached hydrogen (secondary N) is 2. The average Bonchev–Trinajstić information content (AvgIpc) is 3.40. The number of aromatic nitrogens is 4. The first kappa shape index (κ1) is 20.9. The van der Waals surface area contributed by atoms with Gasteiger partial charge in [-0.05, 0) is 35.6 Å². The van der Waals surface area contributed by atoms with Gasteiger partial charge in [-0.2, -0.15) is 13.5 Å². The molecule has 3 amide bonds. The van der Waals surface area contributed by atoms with Crippen LogP contribution in [0.15, 0.2) is 6.33 Å². The van der Waals surface area contributed by atoms with Crippen LogP contribution in [0.4, 0.5) is 4.79 Å². The van der Waals surface area contributed by atoms with Gasteiger partial charge in [-0.25, -0.2) is 15.0 Å². The summed E-state index contributed by atoms with van der Waals surface area (Å²) >= 11 is 0. The molecule has 2 unspecified atom stereocenters. The number of amides is 3. The zero-order valence-corrected chi connectivity index (χ0v) is 16.6. The lowest BCUT2D eigenvalue weighted by atomic mass is 10.0. The number of carbonyl (C=O) groups excluding carboxylic acids is 2. The van der Waals surface area contributed by atoms with Gasteiger partial charge in [0.1, 0.15) is 12.4 Å². The van der Waals surface area contributed by atoms with Gasteiger partial charge in [0, 0.05) is 25.7 Å². The molecular formula is C14H22N8O7S. The molecule has 1 aromatic rings. The maximum atomic E-state index is 12.5. The number of rotatable bonds is 8. The van der Waals surface area contributed by atoms with Crippen LogP contribution in [0.2, 0.25) is 0 Å². The maximum Gasteiger partial charge on any atom is 0.418 e. The van der Waals surface area contributed by atoms with Gasteiger partial charge in [0.15, 0.2) is 0 Å². The number of nitrogens with zero attached hydrogens (tertiary/aromatic N) is 6. The predicted octanol–water partition coefficient (Wildman–Crippen LogP) is -2.30. The Morgan fingerprint density at radius 3 is 2.97 bits per heavy atom. The normalized spacial score (nSPS) is 28.9. The molecule has 3 saturated heterocycles. The van der Waals surface area contributed by atoms with Crippen molar-refractivity contribution in [3.05, 3.63) is 6.33 Å². The van der Waals surface area contributed by atoms with Gasteiger partial charge in [0.05, 0.1) is 12.6 Å². The number of piperidine rings is 1. The summed E-state index contributed by atoms with van der Waals surface area (Å²) in [7, 11) is -4.83. The highest BCUT2D eigenvalue weighted by Crippen LogP contribution is 2.30. The summed E-state index contributed by atoms with van der Waals surface area (Å²) in [5, 5.41) is 14.9. The third kappa shape index (κ3) is 4.67. The molecule has 4 heterocycles. The SMILES string of the molecule is O=C(NOC[C@@H]1C[C@H](Cn2cnnn2)CN1)C1CCC2CN1C(=O)N2OS(=O)(=O)O. The van der Waals surface area contributed by atoms with Crippen LogP contribution in [0.5, 0.6) is 0 Å². The third-order valence-electron chi connectivity index (χ3n) is 5.41. The van der Waals surface area contributed by atoms with Gasteiger partial charge in [-0.15, -0.1) is 9.38 Å². The van der Waals surface area contributed by atoms with Crippen molar-refractivity contribution in [1.29, 1.82) is 0 Å². The van der Waals surface area contributed by atoms with Crippen LogP contribution >= 0.6 is 0 Å². The molecule has 3 aliphatic heterocycles. The van der Waals surface area contributed by atoms with Crippen LogP contribution in [-0.2, 0) is 30.9 Å². The van der Waals surface area contributed by atoms with Crippen LogP contribution in [-0.4, -0.2) is 92.9 Å². The first-order chi connectivity index (χ1) is 14.3. The molecule has 30 heavy (non-hydrogen) atoms. The minimum absolute atomic E-state index is 0.0505. The highest BCUT2D eigenvalue weighted by atomic mass is 32.3. The second-order valence-corrected chi connectivity index (χ2v) is 8.53. The first-order valence-electron chi connectivity index (χ1n) is 9.43. The summed E-state index contributed by atoms with van der Waals surface area (Å²) in [5.74, 6) is -0.164. The standard InChI is InChI=1S/C14H22N8O7S/c23-13(12-2-1-11-6-21(12)14(24)22(11)29-30(25,26)27)17-28-7-10-3-9(4-15-10)5-20-8-16-18-19-20/h8-12,15H,1-7H2,(H,17,23)(H,25,26,27)/t9-,10-,11?,12?/m0/s1. The van der Waals surface area contributed by atoms with E-state index >= 15 is 0 Å². The molecule has 0 aliphatic carbocycles. The van der Waals surface area contributed by atoms with Crippen LogP contribution in [0.25, 0.3) is 0 Å². The van der Waals surface area contributed by atoms with Crippen molar-refractivity contribution in [2.75, 3.05) is 19.7 Å². The van der Waals surface area contributed by atoms with Crippen molar-refractivity contribution < 1.29 is 31.7 Å². The fourth-order valence-electron chi connectivity index (χ4n) is 4.08. The summed E-state index contributed by atoms with van der Waals surface area (Å²) in [6, 6.07) is -2.11. The van der Waals surface area contributed by atoms with Crippen LogP contribution < -0.4 is 10.8 Å². The van der Waals surface area contributed by atoms with Gasteiger partial charge in [-0.3, -0.25) is 14.2 Å². The maximum absolute atomic E-state index is 12.5. The summed E-state index contributed by atoms with van der Waals surface area (Å²) < 4.78 is 36.7. The minimum Gasteiger partial charge on any atom is -0.311 e. The van der Waals surface area contributed by atoms with Crippen molar-refractivity contribution >= 4 is 22.3 Å². The highest BCUT2D eigenvalue weighted by molar-refractivity contribution is 7.80. The lowest BCUT2D eigenvalue weighted by molar-refractivity contribution is -0.139. The van der Waals surface area contributed by atoms with Gasteiger partial charge in [0.25, 0.3) is 5.91 Å². The molecule has 0 aromatic carbocycles. The molecule has 16 heteroatoms. The lowest BCUT2D eigenvalue weighted by Crippen LogP contribution is -2.50. The zero-order chi connectivity index (χ0) is 21.3. The molecular weight excluding hydrogens is 424 g/mol. The van der Waals surface area contributed by atoms with Gasteiger partial charge < -0.3 is 10.2 Å². The smallest absolute Gasteiger partial charge is 0.311 e. The zero-order valence-electron chi connectivity index (χ0n) is 15.8. The summed E-state index contributed by atoms with van der Waals surface area (Å²) in [6.45, 7) is 1.83. The molecule has 4 rings (SSSR count). The molecule has 0 radical (unpaired) electrons. The van der Waals surface area contributed by atoms with Crippen LogP contribution in [0, 0.1) is 5.92 Å². The van der Waals surface area contributed by atoms with Crippen molar-refractivity contribution in [1.82, 2.24) is 41.0 Å². The quantitative estimate of drug-likeness (QED) is 0.288. The molecule has 2 bridgehead atoms. The monoisotopic (exact) mass is 446 g/mol. The van der Waals surface area contributed by atoms with E-state index in [1.54, 1.807) is 11.0 Å². The molecule has 3 N–H and O–H groups in total. The molecule has 1 aromatic heterocycles. The number of hydrogen-bond acceptors (Lipinski definition) is 10. The van der Waals surface area contributed by atoms with E-state index in [1.165, 1.54) is 4.90 Å². The summed E-state index contributed by atoms with van der Waals surface area (Å²) in [4.78, 5) is 31.3. The van der Waals surface area contributed by atoms with Crippen LogP contribution in [0.1, 0.15) is 19.3 Å². The van der Waals surface area contributed by atoms with Crippen molar-refractivity contribution in [2.45, 2.75) is 43.9 Å². The largest absolute Gasteiger partial charge is 0.418 e. The van der Waals surface area contributed by atoms with E-state index in [2.05, 4.69) is 30.6 Å². The predicted molar refractivity (Wildman–Crippen MR) is 95.2 cm³/mol. The number of urea groups is 1. The van der Waals surface area contributed by atoms with Gasteiger partial charge in [0.2, 0.25) is 0 Å². The van der Waals surface area contributed by atoms with E-state index in [0.717, 1.165) is 13.0 Å². The van der Waals surface area contributed by atoms with Crippen molar-refractivity contribution in [3.8, 4) is 0 Å². The molecule has 0 spiro atoms. The lowest BCUT2D eigenvalue weighted by Gasteiger charge is -2.29. The number of fused-ring (bicyclic) bond motifs is 2. The molecule has 3 aliphatic rings. The number of carbonyl (C=O) groups is 2. The summed E-state index contributed by atoms with van der Waals surface area (Å²) in [5.41, 5.74) is 2.37. The van der Waals surface area contributed by atoms with Gasteiger partial charge in [-0.1, -0.05) is 0 Å². The third-order valence-corrected chi connectivity index (χ3v) is 5.76. The fourth-order valence-corrected chi connectivity index (χ4v) is 4.47. The Hall–Kier alpha value is -2.40. The van der Waals surface area contributed by atoms with E-state index in [-0.39, 0.29) is 19.2 Å². The van der Waals surface area contributed by atoms with E-state index in [4.69, 9.17) is 9.39 Å². The Labute approximate surface area is 171 Å². The molecule has 3 fully saturated rings. The van der Waals surface area contributed by atoms with Gasteiger partial charge >= 0.3 is 16.4 Å². The molecule has 4 atom stereocenters. The highest BCUT2D eigenvalue weighted by Gasteiger charge is 2.49. The molecule has 0 saturated carbocycles. The van der Waals surface area contributed by atoms with E-state index in [1.807, 2.05) is 0 Å². The first-order valence-corrected chi connectivity index (χ1v) is 10.8. The topological polar surface area (TPSA) is 181 Å². The van der Waals surface area contributed by atoms with Crippen molar-refractivity contribution in [3.63, 3.8) is 0 Å². The summed E-state index contributed by atoms with van der Waals surface area (Å²) in [6.07, 6.45) is 3.04.